The van der Waals surface area contributed by atoms with Gasteiger partial charge in [-0.05, 0) is 63.2 Å². The number of carbonyl (C=O) groups excluding carboxylic acids is 4. The summed E-state index contributed by atoms with van der Waals surface area (Å²) in [5, 5.41) is 10.5. The third-order valence-corrected chi connectivity index (χ3v) is 16.1. The molecule has 0 aliphatic carbocycles. The lowest BCUT2D eigenvalue weighted by molar-refractivity contribution is -0.161. The van der Waals surface area contributed by atoms with Crippen LogP contribution in [0, 0.1) is 11.8 Å². The van der Waals surface area contributed by atoms with Gasteiger partial charge in [-0.1, -0.05) is 233 Å². The minimum atomic E-state index is -4.95. The maximum absolute atomic E-state index is 13.0. The van der Waals surface area contributed by atoms with E-state index in [9.17, 15) is 43.2 Å². The van der Waals surface area contributed by atoms with Crippen LogP contribution >= 0.6 is 15.6 Å². The second kappa shape index (κ2) is 55.1. The van der Waals surface area contributed by atoms with Crippen molar-refractivity contribution in [2.75, 3.05) is 39.6 Å². The van der Waals surface area contributed by atoms with E-state index in [0.29, 0.717) is 31.6 Å². The summed E-state index contributed by atoms with van der Waals surface area (Å²) in [5.41, 5.74) is 0. The highest BCUT2D eigenvalue weighted by molar-refractivity contribution is 7.47. The van der Waals surface area contributed by atoms with E-state index in [0.717, 1.165) is 121 Å². The molecule has 0 aromatic carbocycles. The number of phosphoric ester groups is 2. The van der Waals surface area contributed by atoms with Gasteiger partial charge in [-0.15, -0.1) is 0 Å². The molecule has 17 nitrogen and oxygen atoms in total. The fourth-order valence-corrected chi connectivity index (χ4v) is 10.4. The molecule has 0 fully saturated rings. The Labute approximate surface area is 497 Å². The van der Waals surface area contributed by atoms with Crippen LogP contribution in [-0.4, -0.2) is 96.7 Å². The van der Waals surface area contributed by atoms with Crippen LogP contribution in [0.15, 0.2) is 24.3 Å². The van der Waals surface area contributed by atoms with Gasteiger partial charge in [0.15, 0.2) is 12.2 Å². The van der Waals surface area contributed by atoms with E-state index in [1.54, 1.807) is 0 Å². The minimum Gasteiger partial charge on any atom is -0.462 e. The summed E-state index contributed by atoms with van der Waals surface area (Å²) in [5.74, 6) is -0.779. The maximum Gasteiger partial charge on any atom is 0.472 e. The molecule has 0 saturated carbocycles. The summed E-state index contributed by atoms with van der Waals surface area (Å²) in [6.45, 7) is 9.25. The number of aliphatic hydroxyl groups is 1. The zero-order chi connectivity index (χ0) is 60.8. The van der Waals surface area contributed by atoms with Gasteiger partial charge in [0, 0.05) is 25.7 Å². The number of unbranched alkanes of at least 4 members (excludes halogenated alkanes) is 26. The number of allylic oxidation sites excluding steroid dienone is 4. The number of hydrogen-bond acceptors (Lipinski definition) is 15. The molecule has 0 bridgehead atoms. The van der Waals surface area contributed by atoms with Crippen molar-refractivity contribution in [3.8, 4) is 0 Å². The van der Waals surface area contributed by atoms with E-state index in [1.165, 1.54) is 77.0 Å². The maximum atomic E-state index is 13.0. The second-order valence-electron chi connectivity index (χ2n) is 22.8. The first-order valence-electron chi connectivity index (χ1n) is 32.3. The van der Waals surface area contributed by atoms with E-state index in [1.807, 2.05) is 0 Å². The Kier molecular flexibility index (Phi) is 53.5. The van der Waals surface area contributed by atoms with E-state index in [2.05, 4.69) is 65.8 Å². The Morgan fingerprint density at radius 1 is 0.402 bits per heavy atom. The smallest absolute Gasteiger partial charge is 0.462 e. The molecule has 482 valence electrons. The van der Waals surface area contributed by atoms with Crippen LogP contribution in [0.4, 0.5) is 0 Å². The van der Waals surface area contributed by atoms with Gasteiger partial charge < -0.3 is 33.8 Å². The number of phosphoric acid groups is 2. The van der Waals surface area contributed by atoms with Crippen molar-refractivity contribution >= 4 is 39.5 Å². The van der Waals surface area contributed by atoms with Crippen LogP contribution in [0.5, 0.6) is 0 Å². The fourth-order valence-electron chi connectivity index (χ4n) is 8.78. The highest BCUT2D eigenvalue weighted by Gasteiger charge is 2.30. The number of esters is 4. The molecule has 3 unspecified atom stereocenters. The summed E-state index contributed by atoms with van der Waals surface area (Å²) >= 11 is 0. The number of aliphatic hydroxyl groups excluding tert-OH is 1. The van der Waals surface area contributed by atoms with E-state index >= 15 is 0 Å². The first-order chi connectivity index (χ1) is 39.4. The number of rotatable bonds is 60. The third-order valence-electron chi connectivity index (χ3n) is 14.2. The summed E-state index contributed by atoms with van der Waals surface area (Å²) in [6.07, 6.45) is 40.0. The molecule has 0 radical (unpaired) electrons. The quantitative estimate of drug-likeness (QED) is 0.0169. The number of hydrogen-bond donors (Lipinski definition) is 3. The minimum absolute atomic E-state index is 0.0836. The van der Waals surface area contributed by atoms with E-state index in [-0.39, 0.29) is 25.7 Å². The molecule has 0 saturated heterocycles. The molecule has 0 aliphatic rings. The van der Waals surface area contributed by atoms with Crippen molar-refractivity contribution in [3.05, 3.63) is 24.3 Å². The second-order valence-corrected chi connectivity index (χ2v) is 25.7. The Hall–Kier alpha value is -2.46. The molecule has 0 spiro atoms. The Bertz CT molecular complexity index is 1710. The van der Waals surface area contributed by atoms with Crippen molar-refractivity contribution in [2.24, 2.45) is 11.8 Å². The Balaban J connectivity index is 5.26. The lowest BCUT2D eigenvalue weighted by Crippen LogP contribution is -2.30. The normalized spacial score (nSPS) is 14.9. The van der Waals surface area contributed by atoms with E-state index in [4.69, 9.17) is 37.0 Å². The summed E-state index contributed by atoms with van der Waals surface area (Å²) in [7, 11) is -9.89. The molecule has 82 heavy (non-hydrogen) atoms. The lowest BCUT2D eigenvalue weighted by atomic mass is 10.00. The molecule has 19 heteroatoms. The van der Waals surface area contributed by atoms with E-state index < -0.39 is 97.5 Å². The molecular formula is C63H118O17P2. The van der Waals surface area contributed by atoms with Crippen molar-refractivity contribution in [1.29, 1.82) is 0 Å². The van der Waals surface area contributed by atoms with Gasteiger partial charge in [-0.2, -0.15) is 0 Å². The summed E-state index contributed by atoms with van der Waals surface area (Å²) in [4.78, 5) is 72.0. The molecule has 3 N–H and O–H groups in total. The molecule has 0 heterocycles. The van der Waals surface area contributed by atoms with Gasteiger partial charge in [-0.3, -0.25) is 37.3 Å². The molecule has 0 aromatic rings. The SMILES string of the molecule is CCCCCC/C=C\C=C/CCCCCCCC(=O)O[C@H](COC(=O)CCCCCCCCC(C)CC)COP(=O)(O)OC[C@@H](O)COP(=O)(O)OC[C@@H](COC(=O)CCCCCCCCCC)OC(=O)CCCCCCCCC(C)C. The van der Waals surface area contributed by atoms with Crippen molar-refractivity contribution in [3.63, 3.8) is 0 Å². The van der Waals surface area contributed by atoms with Crippen LogP contribution in [0.3, 0.4) is 0 Å². The van der Waals surface area contributed by atoms with Gasteiger partial charge in [0.25, 0.3) is 0 Å². The summed E-state index contributed by atoms with van der Waals surface area (Å²) < 4.78 is 67.8. The van der Waals surface area contributed by atoms with Crippen LogP contribution in [0.2, 0.25) is 0 Å². The van der Waals surface area contributed by atoms with Crippen molar-refractivity contribution < 1.29 is 80.2 Å². The third kappa shape index (κ3) is 55.4. The lowest BCUT2D eigenvalue weighted by Gasteiger charge is -2.21. The molecule has 0 aromatic heterocycles. The predicted octanol–water partition coefficient (Wildman–Crippen LogP) is 16.8. The standard InChI is InChI=1S/C63H118O17P2/c1-7-10-12-14-16-18-19-20-21-22-23-24-26-35-41-47-62(67)79-58(52-74-61(66)46-40-34-30-28-32-38-44-56(6)9-3)53-77-81(69,70)75-49-57(64)50-76-82(71,72)78-54-59(51-73-60(65)45-39-33-25-17-15-13-11-8-2)80-63(68)48-42-36-29-27-31-37-43-55(4)5/h18-21,55-59,64H,7-17,22-54H2,1-6H3,(H,69,70)(H,71,72)/b19-18-,21-20-/t56?,57-,58-,59-/m1/s1. The Morgan fingerprint density at radius 3 is 1.10 bits per heavy atom. The molecule has 0 amide bonds. The zero-order valence-electron chi connectivity index (χ0n) is 52.3. The van der Waals surface area contributed by atoms with Crippen LogP contribution in [0.1, 0.15) is 286 Å². The highest BCUT2D eigenvalue weighted by atomic mass is 31.2. The summed E-state index contributed by atoms with van der Waals surface area (Å²) in [6, 6.07) is 0. The van der Waals surface area contributed by atoms with Gasteiger partial charge in [-0.25, -0.2) is 9.13 Å². The molecule has 6 atom stereocenters. The average molecular weight is 1210 g/mol. The monoisotopic (exact) mass is 1210 g/mol. The van der Waals surface area contributed by atoms with Crippen LogP contribution < -0.4 is 0 Å². The molecule has 0 aliphatic heterocycles. The highest BCUT2D eigenvalue weighted by Crippen LogP contribution is 2.45. The van der Waals surface area contributed by atoms with Crippen LogP contribution in [0.25, 0.3) is 0 Å². The number of ether oxygens (including phenoxy) is 4. The average Bonchev–Trinajstić information content (AvgIpc) is 3.45. The van der Waals surface area contributed by atoms with Crippen molar-refractivity contribution in [1.82, 2.24) is 0 Å². The topological polar surface area (TPSA) is 237 Å². The number of carbonyl (C=O) groups is 4. The fraction of sp³-hybridized carbons (Fsp3) is 0.873. The van der Waals surface area contributed by atoms with Crippen LogP contribution in [-0.2, 0) is 65.4 Å². The van der Waals surface area contributed by atoms with Crippen molar-refractivity contribution in [2.45, 2.75) is 304 Å². The van der Waals surface area contributed by atoms with Gasteiger partial charge in [0.1, 0.15) is 19.3 Å². The first-order valence-corrected chi connectivity index (χ1v) is 35.3. The van der Waals surface area contributed by atoms with Gasteiger partial charge in [0.05, 0.1) is 26.4 Å². The van der Waals surface area contributed by atoms with Gasteiger partial charge >= 0.3 is 39.5 Å². The largest absolute Gasteiger partial charge is 0.472 e. The molecule has 0 rings (SSSR count). The van der Waals surface area contributed by atoms with Gasteiger partial charge in [0.2, 0.25) is 0 Å². The molecular weight excluding hydrogens is 1090 g/mol. The first kappa shape index (κ1) is 79.5. The predicted molar refractivity (Wildman–Crippen MR) is 326 cm³/mol. The zero-order valence-corrected chi connectivity index (χ0v) is 54.0. The Morgan fingerprint density at radius 2 is 0.720 bits per heavy atom.